The first kappa shape index (κ1) is 18.6. The molecule has 144 valence electrons. The Morgan fingerprint density at radius 3 is 2.75 bits per heavy atom. The van der Waals surface area contributed by atoms with E-state index in [-0.39, 0.29) is 11.7 Å². The van der Waals surface area contributed by atoms with Gasteiger partial charge < -0.3 is 10.6 Å². The largest absolute Gasteiger partial charge is 0.326 e. The Kier molecular flexibility index (Phi) is 5.68. The smallest absolute Gasteiger partial charge is 0.224 e. The molecule has 4 nitrogen and oxygen atoms in total. The van der Waals surface area contributed by atoms with E-state index in [4.69, 9.17) is 0 Å². The first-order valence-electron chi connectivity index (χ1n) is 10.1. The fraction of sp³-hybridized carbons (Fsp3) is 0.333. The van der Waals surface area contributed by atoms with Crippen molar-refractivity contribution in [2.24, 2.45) is 0 Å². The van der Waals surface area contributed by atoms with E-state index >= 15 is 0 Å². The summed E-state index contributed by atoms with van der Waals surface area (Å²) in [6.07, 6.45) is 6.95. The van der Waals surface area contributed by atoms with Crippen molar-refractivity contribution in [3.8, 4) is 0 Å². The van der Waals surface area contributed by atoms with Crippen LogP contribution in [0.3, 0.4) is 0 Å². The quantitative estimate of drug-likeness (QED) is 0.738. The highest BCUT2D eigenvalue weighted by Crippen LogP contribution is 2.25. The van der Waals surface area contributed by atoms with Gasteiger partial charge in [0.2, 0.25) is 5.91 Å². The number of rotatable bonds is 6. The zero-order valence-electron chi connectivity index (χ0n) is 16.0. The van der Waals surface area contributed by atoms with Gasteiger partial charge in [-0.15, -0.1) is 0 Å². The zero-order valence-corrected chi connectivity index (χ0v) is 16.0. The number of carbonyl (C=O) groups excluding carboxylic acids is 2. The summed E-state index contributed by atoms with van der Waals surface area (Å²) in [5.74, 6) is 0.234. The van der Waals surface area contributed by atoms with Crippen LogP contribution in [-0.2, 0) is 11.2 Å². The highest BCUT2D eigenvalue weighted by atomic mass is 16.1. The Bertz CT molecular complexity index is 902. The third-order valence-electron chi connectivity index (χ3n) is 5.59. The summed E-state index contributed by atoms with van der Waals surface area (Å²) < 4.78 is 0. The Morgan fingerprint density at radius 1 is 1.04 bits per heavy atom. The molecule has 0 aliphatic carbocycles. The molecule has 0 spiro atoms. The van der Waals surface area contributed by atoms with Crippen LogP contribution in [0.2, 0.25) is 0 Å². The number of benzene rings is 2. The molecule has 0 aromatic heterocycles. The van der Waals surface area contributed by atoms with E-state index in [0.29, 0.717) is 25.3 Å². The van der Waals surface area contributed by atoms with Crippen LogP contribution in [-0.4, -0.2) is 24.3 Å². The van der Waals surface area contributed by atoms with Gasteiger partial charge in [0, 0.05) is 30.1 Å². The fourth-order valence-electron chi connectivity index (χ4n) is 4.04. The summed E-state index contributed by atoms with van der Waals surface area (Å²) in [6, 6.07) is 16.5. The maximum absolute atomic E-state index is 12.6. The minimum absolute atomic E-state index is 0.0504. The van der Waals surface area contributed by atoms with E-state index in [1.165, 1.54) is 11.1 Å². The molecule has 0 saturated carbocycles. The molecule has 28 heavy (non-hydrogen) atoms. The zero-order chi connectivity index (χ0) is 19.3. The average molecular weight is 374 g/mol. The van der Waals surface area contributed by atoms with Crippen molar-refractivity contribution < 1.29 is 9.59 Å². The summed E-state index contributed by atoms with van der Waals surface area (Å²) in [5.41, 5.74) is 5.36. The minimum Gasteiger partial charge on any atom is -0.326 e. The van der Waals surface area contributed by atoms with E-state index in [0.717, 1.165) is 42.6 Å². The molecule has 2 aromatic rings. The number of aryl methyl sites for hydroxylation is 1. The van der Waals surface area contributed by atoms with Crippen molar-refractivity contribution in [1.82, 2.24) is 5.32 Å². The molecule has 1 atom stereocenters. The first-order chi connectivity index (χ1) is 13.7. The van der Waals surface area contributed by atoms with Crippen molar-refractivity contribution in [3.05, 3.63) is 71.3 Å². The Morgan fingerprint density at radius 2 is 1.89 bits per heavy atom. The maximum Gasteiger partial charge on any atom is 0.224 e. The second-order valence-corrected chi connectivity index (χ2v) is 7.60. The van der Waals surface area contributed by atoms with Crippen LogP contribution in [0, 0.1) is 0 Å². The molecule has 2 aliphatic heterocycles. The highest BCUT2D eigenvalue weighted by molar-refractivity contribution is 5.99. The number of amides is 1. The minimum atomic E-state index is 0.0504. The monoisotopic (exact) mass is 374 g/mol. The molecule has 0 bridgehead atoms. The topological polar surface area (TPSA) is 58.2 Å². The van der Waals surface area contributed by atoms with Gasteiger partial charge in [-0.1, -0.05) is 36.4 Å². The third kappa shape index (κ3) is 4.39. The van der Waals surface area contributed by atoms with Gasteiger partial charge in [-0.3, -0.25) is 9.59 Å². The van der Waals surface area contributed by atoms with Gasteiger partial charge in [0.05, 0.1) is 0 Å². The lowest BCUT2D eigenvalue weighted by Crippen LogP contribution is -2.32. The molecule has 4 rings (SSSR count). The maximum atomic E-state index is 12.6. The number of fused-ring (bicyclic) bond motifs is 1. The van der Waals surface area contributed by atoms with Crippen molar-refractivity contribution >= 4 is 23.0 Å². The van der Waals surface area contributed by atoms with Crippen LogP contribution in [0.15, 0.2) is 54.6 Å². The number of hydrogen-bond acceptors (Lipinski definition) is 3. The van der Waals surface area contributed by atoms with E-state index < -0.39 is 0 Å². The standard InChI is InChI=1S/C24H26N2O2/c27-23(20-9-11-22-19(15-20)10-12-24(28)26-22)8-4-7-21-16-18(13-14-25-21)17-5-2-1-3-6-17/h1-3,5-6,9,11,15-16,21,25H,4,7-8,10,12-14H2,(H,26,28). The Balaban J connectivity index is 1.32. The fourth-order valence-corrected chi connectivity index (χ4v) is 4.04. The number of nitrogens with one attached hydrogen (secondary N) is 2. The highest BCUT2D eigenvalue weighted by Gasteiger charge is 2.18. The lowest BCUT2D eigenvalue weighted by Gasteiger charge is -2.23. The van der Waals surface area contributed by atoms with E-state index in [1.807, 2.05) is 24.3 Å². The predicted octanol–water partition coefficient (Wildman–Crippen LogP) is 4.37. The normalized spacial score (nSPS) is 18.8. The van der Waals surface area contributed by atoms with E-state index in [2.05, 4.69) is 41.0 Å². The number of ketones is 1. The summed E-state index contributed by atoms with van der Waals surface area (Å²) in [6.45, 7) is 0.982. The van der Waals surface area contributed by atoms with Crippen LogP contribution in [0.1, 0.15) is 53.6 Å². The third-order valence-corrected chi connectivity index (χ3v) is 5.59. The van der Waals surface area contributed by atoms with Crippen molar-refractivity contribution in [2.45, 2.75) is 44.6 Å². The SMILES string of the molecule is O=C1CCc2cc(C(=O)CCCC3C=C(c4ccccc4)CCN3)ccc2N1. The van der Waals surface area contributed by atoms with Gasteiger partial charge in [-0.05, 0) is 67.1 Å². The second kappa shape index (κ2) is 8.53. The molecule has 2 aliphatic rings. The summed E-state index contributed by atoms with van der Waals surface area (Å²) in [4.78, 5) is 24.1. The Hall–Kier alpha value is -2.72. The molecule has 2 N–H and O–H groups in total. The molecule has 1 amide bonds. The number of anilines is 1. The molecule has 2 heterocycles. The Labute approximate surface area is 166 Å². The molecule has 0 saturated heterocycles. The molecule has 0 radical (unpaired) electrons. The molecule has 0 fully saturated rings. The van der Waals surface area contributed by atoms with Gasteiger partial charge >= 0.3 is 0 Å². The number of Topliss-reactive ketones (excluding diaryl/α,β-unsaturated/α-hetero) is 1. The molecule has 2 aromatic carbocycles. The van der Waals surface area contributed by atoms with Crippen LogP contribution in [0.25, 0.3) is 5.57 Å². The van der Waals surface area contributed by atoms with Gasteiger partial charge in [0.25, 0.3) is 0 Å². The van der Waals surface area contributed by atoms with Crippen molar-refractivity contribution in [2.75, 3.05) is 11.9 Å². The number of carbonyl (C=O) groups is 2. The molecular formula is C24H26N2O2. The van der Waals surface area contributed by atoms with Crippen molar-refractivity contribution in [3.63, 3.8) is 0 Å². The predicted molar refractivity (Wildman–Crippen MR) is 112 cm³/mol. The summed E-state index contributed by atoms with van der Waals surface area (Å²) in [5, 5.41) is 6.41. The van der Waals surface area contributed by atoms with E-state index in [1.54, 1.807) is 0 Å². The average Bonchev–Trinajstić information content (AvgIpc) is 2.74. The second-order valence-electron chi connectivity index (χ2n) is 7.60. The van der Waals surface area contributed by atoms with Crippen LogP contribution in [0.4, 0.5) is 5.69 Å². The van der Waals surface area contributed by atoms with Gasteiger partial charge in [-0.25, -0.2) is 0 Å². The molecular weight excluding hydrogens is 348 g/mol. The van der Waals surface area contributed by atoms with Gasteiger partial charge in [0.1, 0.15) is 0 Å². The number of hydrogen-bond donors (Lipinski definition) is 2. The van der Waals surface area contributed by atoms with Crippen LogP contribution < -0.4 is 10.6 Å². The molecule has 4 heteroatoms. The van der Waals surface area contributed by atoms with Crippen molar-refractivity contribution in [1.29, 1.82) is 0 Å². The van der Waals surface area contributed by atoms with Gasteiger partial charge in [-0.2, -0.15) is 0 Å². The van der Waals surface area contributed by atoms with Gasteiger partial charge in [0.15, 0.2) is 5.78 Å². The lowest BCUT2D eigenvalue weighted by molar-refractivity contribution is -0.116. The van der Waals surface area contributed by atoms with Crippen LogP contribution in [0.5, 0.6) is 0 Å². The molecule has 1 unspecified atom stereocenters. The van der Waals surface area contributed by atoms with Crippen LogP contribution >= 0.6 is 0 Å². The first-order valence-corrected chi connectivity index (χ1v) is 10.1. The summed E-state index contributed by atoms with van der Waals surface area (Å²) >= 11 is 0. The lowest BCUT2D eigenvalue weighted by atomic mass is 9.94. The summed E-state index contributed by atoms with van der Waals surface area (Å²) in [7, 11) is 0. The van der Waals surface area contributed by atoms with E-state index in [9.17, 15) is 9.59 Å².